The highest BCUT2D eigenvalue weighted by molar-refractivity contribution is 7.15. The van der Waals surface area contributed by atoms with Crippen LogP contribution in [0.4, 0.5) is 9.93 Å². The molecule has 0 saturated heterocycles. The molecule has 1 N–H and O–H groups in total. The molecule has 3 heterocycles. The van der Waals surface area contributed by atoms with Crippen molar-refractivity contribution in [2.24, 2.45) is 0 Å². The summed E-state index contributed by atoms with van der Waals surface area (Å²) < 4.78 is 15.2. The van der Waals surface area contributed by atoms with Gasteiger partial charge in [-0.25, -0.2) is 9.78 Å². The Bertz CT molecular complexity index is 924. The molecule has 27 heavy (non-hydrogen) atoms. The fourth-order valence-electron chi connectivity index (χ4n) is 2.87. The quantitative estimate of drug-likeness (QED) is 0.815. The molecule has 0 spiro atoms. The first-order valence-electron chi connectivity index (χ1n) is 8.32. The number of methoxy groups -OCH3 is 1. The van der Waals surface area contributed by atoms with Gasteiger partial charge in [-0.2, -0.15) is 0 Å². The molecule has 9 heteroatoms. The third-order valence-corrected chi connectivity index (χ3v) is 5.25. The second-order valence-corrected chi connectivity index (χ2v) is 7.04. The van der Waals surface area contributed by atoms with E-state index in [0.29, 0.717) is 36.1 Å². The minimum atomic E-state index is -0.555. The number of hydrogen-bond donors (Lipinski definition) is 1. The van der Waals surface area contributed by atoms with Gasteiger partial charge in [-0.1, -0.05) is 17.4 Å². The van der Waals surface area contributed by atoms with Gasteiger partial charge in [0.15, 0.2) is 16.6 Å². The molecule has 1 aromatic heterocycles. The van der Waals surface area contributed by atoms with Gasteiger partial charge in [-0.15, -0.1) is 0 Å². The van der Waals surface area contributed by atoms with E-state index >= 15 is 0 Å². The Labute approximate surface area is 159 Å². The second kappa shape index (κ2) is 7.28. The lowest BCUT2D eigenvalue weighted by Crippen LogP contribution is -2.34. The lowest BCUT2D eigenvalue weighted by Gasteiger charge is -2.24. The third-order valence-electron chi connectivity index (χ3n) is 4.25. The number of thiazole rings is 1. The highest BCUT2D eigenvalue weighted by Crippen LogP contribution is 2.33. The highest BCUT2D eigenvalue weighted by Gasteiger charge is 2.23. The summed E-state index contributed by atoms with van der Waals surface area (Å²) in [6.45, 7) is 1.28. The fourth-order valence-corrected chi connectivity index (χ4v) is 3.87. The monoisotopic (exact) mass is 387 g/mol. The maximum Gasteiger partial charge on any atom is 0.413 e. The normalized spacial score (nSPS) is 14.9. The maximum absolute atomic E-state index is 12.5. The molecule has 8 nitrogen and oxygen atoms in total. The molecule has 2 aromatic rings. The molecule has 2 aliphatic rings. The Hall–Kier alpha value is -3.07. The van der Waals surface area contributed by atoms with E-state index in [2.05, 4.69) is 15.0 Å². The van der Waals surface area contributed by atoms with Crippen molar-refractivity contribution in [2.75, 3.05) is 25.8 Å². The number of fused-ring (bicyclic) bond motifs is 2. The number of nitrogens with zero attached hydrogens (tertiary/aromatic N) is 2. The molecule has 1 aromatic carbocycles. The van der Waals surface area contributed by atoms with Gasteiger partial charge in [0.2, 0.25) is 12.7 Å². The average molecular weight is 387 g/mol. The summed E-state index contributed by atoms with van der Waals surface area (Å²) in [6, 6.07) is 5.54. The van der Waals surface area contributed by atoms with E-state index in [9.17, 15) is 9.59 Å². The number of carbonyl (C=O) groups excluding carboxylic acids is 2. The van der Waals surface area contributed by atoms with Crippen LogP contribution in [-0.4, -0.2) is 42.3 Å². The smallest absolute Gasteiger partial charge is 0.413 e. The number of anilines is 1. The lowest BCUT2D eigenvalue weighted by molar-refractivity contribution is -0.126. The van der Waals surface area contributed by atoms with E-state index in [1.165, 1.54) is 18.4 Å². The lowest BCUT2D eigenvalue weighted by atomic mass is 10.1. The van der Waals surface area contributed by atoms with Crippen molar-refractivity contribution in [2.45, 2.75) is 13.0 Å². The maximum atomic E-state index is 12.5. The van der Waals surface area contributed by atoms with E-state index in [1.807, 2.05) is 18.2 Å². The minimum Gasteiger partial charge on any atom is -0.454 e. The van der Waals surface area contributed by atoms with Crippen molar-refractivity contribution in [3.63, 3.8) is 0 Å². The Morgan fingerprint density at radius 3 is 3.04 bits per heavy atom. The van der Waals surface area contributed by atoms with Gasteiger partial charge in [0.05, 0.1) is 19.3 Å². The van der Waals surface area contributed by atoms with Crippen molar-refractivity contribution < 1.29 is 23.8 Å². The predicted octanol–water partition coefficient (Wildman–Crippen LogP) is 2.65. The first kappa shape index (κ1) is 17.3. The molecule has 0 bridgehead atoms. The summed E-state index contributed by atoms with van der Waals surface area (Å²) in [7, 11) is 1.30. The van der Waals surface area contributed by atoms with E-state index in [1.54, 1.807) is 17.1 Å². The molecule has 0 radical (unpaired) electrons. The van der Waals surface area contributed by atoms with Gasteiger partial charge in [0.1, 0.15) is 0 Å². The topological polar surface area (TPSA) is 90.0 Å². The SMILES string of the molecule is COC(=O)Nc1nc2c(s1)CN(C(=O)/C=C/c1ccc3c(c1)OCO3)CC2. The number of rotatable bonds is 3. The summed E-state index contributed by atoms with van der Waals surface area (Å²) in [5.41, 5.74) is 1.78. The van der Waals surface area contributed by atoms with Crippen molar-refractivity contribution >= 4 is 34.5 Å². The molecule has 4 rings (SSSR count). The Morgan fingerprint density at radius 1 is 1.33 bits per heavy atom. The first-order valence-corrected chi connectivity index (χ1v) is 9.14. The van der Waals surface area contributed by atoms with E-state index in [-0.39, 0.29) is 12.7 Å². The van der Waals surface area contributed by atoms with Gasteiger partial charge in [-0.05, 0) is 23.8 Å². The van der Waals surface area contributed by atoms with Crippen LogP contribution in [0.25, 0.3) is 6.08 Å². The molecule has 2 amide bonds. The third kappa shape index (κ3) is 3.72. The largest absolute Gasteiger partial charge is 0.454 e. The van der Waals surface area contributed by atoms with E-state index in [4.69, 9.17) is 9.47 Å². The van der Waals surface area contributed by atoms with Crippen molar-refractivity contribution in [3.05, 3.63) is 40.4 Å². The highest BCUT2D eigenvalue weighted by atomic mass is 32.1. The van der Waals surface area contributed by atoms with Crippen molar-refractivity contribution in [1.82, 2.24) is 9.88 Å². The summed E-state index contributed by atoms with van der Waals surface area (Å²) >= 11 is 1.36. The zero-order valence-corrected chi connectivity index (χ0v) is 15.4. The van der Waals surface area contributed by atoms with E-state index in [0.717, 1.165) is 16.1 Å². The molecule has 0 unspecified atom stereocenters. The van der Waals surface area contributed by atoms with E-state index < -0.39 is 6.09 Å². The Kier molecular flexibility index (Phi) is 4.68. The molecule has 2 aliphatic heterocycles. The number of nitrogens with one attached hydrogen (secondary N) is 1. The standard InChI is InChI=1S/C18H17N3O5S/c1-24-18(23)20-17-19-12-6-7-21(9-15(12)27-17)16(22)5-3-11-2-4-13-14(8-11)26-10-25-13/h2-5,8H,6-7,9-10H2,1H3,(H,19,20,23)/b5-3+. The Morgan fingerprint density at radius 2 is 2.19 bits per heavy atom. The Balaban J connectivity index is 1.41. The summed E-state index contributed by atoms with van der Waals surface area (Å²) in [5, 5.41) is 3.05. The second-order valence-electron chi connectivity index (χ2n) is 5.96. The van der Waals surface area contributed by atoms with Gasteiger partial charge >= 0.3 is 6.09 Å². The molecule has 0 saturated carbocycles. The number of hydrogen-bond acceptors (Lipinski definition) is 7. The molecular weight excluding hydrogens is 370 g/mol. The van der Waals surface area contributed by atoms with Gasteiger partial charge in [0.25, 0.3) is 0 Å². The van der Waals surface area contributed by atoms with Gasteiger partial charge < -0.3 is 19.1 Å². The van der Waals surface area contributed by atoms with Crippen LogP contribution in [0.5, 0.6) is 11.5 Å². The van der Waals surface area contributed by atoms with Crippen LogP contribution in [0.15, 0.2) is 24.3 Å². The predicted molar refractivity (Wildman–Crippen MR) is 98.9 cm³/mol. The average Bonchev–Trinajstić information content (AvgIpc) is 3.30. The summed E-state index contributed by atoms with van der Waals surface area (Å²) in [5.74, 6) is 1.32. The van der Waals surface area contributed by atoms with Crippen molar-refractivity contribution in [3.8, 4) is 11.5 Å². The zero-order chi connectivity index (χ0) is 18.8. The molecule has 0 fully saturated rings. The van der Waals surface area contributed by atoms with Crippen LogP contribution >= 0.6 is 11.3 Å². The van der Waals surface area contributed by atoms with Crippen LogP contribution in [0.2, 0.25) is 0 Å². The van der Waals surface area contributed by atoms with Crippen LogP contribution in [0.3, 0.4) is 0 Å². The van der Waals surface area contributed by atoms with Crippen LogP contribution < -0.4 is 14.8 Å². The van der Waals surface area contributed by atoms with Gasteiger partial charge in [-0.3, -0.25) is 10.1 Å². The number of carbonyl (C=O) groups is 2. The molecule has 140 valence electrons. The van der Waals surface area contributed by atoms with Gasteiger partial charge in [0, 0.05) is 23.9 Å². The number of amides is 2. The van der Waals surface area contributed by atoms with Crippen LogP contribution in [0.1, 0.15) is 16.1 Å². The number of aromatic nitrogens is 1. The van der Waals surface area contributed by atoms with Crippen LogP contribution in [-0.2, 0) is 22.5 Å². The molecule has 0 aliphatic carbocycles. The zero-order valence-electron chi connectivity index (χ0n) is 14.6. The number of ether oxygens (including phenoxy) is 3. The summed E-state index contributed by atoms with van der Waals surface area (Å²) in [4.78, 5) is 30.9. The van der Waals surface area contributed by atoms with Crippen molar-refractivity contribution in [1.29, 1.82) is 0 Å². The fraction of sp³-hybridized carbons (Fsp3) is 0.278. The summed E-state index contributed by atoms with van der Waals surface area (Å²) in [6.07, 6.45) is 3.41. The first-order chi connectivity index (χ1) is 13.1. The molecular formula is C18H17N3O5S. The van der Waals surface area contributed by atoms with Crippen LogP contribution in [0, 0.1) is 0 Å². The minimum absolute atomic E-state index is 0.0748. The number of benzene rings is 1. The molecule has 0 atom stereocenters.